The Morgan fingerprint density at radius 1 is 1.37 bits per heavy atom. The third-order valence-corrected chi connectivity index (χ3v) is 3.96. The number of nitrogens with one attached hydrogen (secondary N) is 2. The van der Waals surface area contributed by atoms with Crippen molar-refractivity contribution in [2.75, 3.05) is 11.9 Å². The summed E-state index contributed by atoms with van der Waals surface area (Å²) in [4.78, 5) is 18.1. The summed E-state index contributed by atoms with van der Waals surface area (Å²) < 4.78 is 6.24. The number of anilines is 1. The van der Waals surface area contributed by atoms with Gasteiger partial charge in [0, 0.05) is 6.54 Å². The second kappa shape index (κ2) is 5.20. The summed E-state index contributed by atoms with van der Waals surface area (Å²) in [5.74, 6) is 1.05. The highest BCUT2D eigenvalue weighted by Crippen LogP contribution is 2.34. The van der Waals surface area contributed by atoms with Crippen molar-refractivity contribution >= 4 is 28.3 Å². The summed E-state index contributed by atoms with van der Waals surface area (Å²) in [6, 6.07) is 5.93. The molecule has 1 aromatic heterocycles. The molecule has 0 saturated heterocycles. The smallest absolute Gasteiger partial charge is 0.268 e. The van der Waals surface area contributed by atoms with E-state index >= 15 is 0 Å². The van der Waals surface area contributed by atoms with Gasteiger partial charge in [0.1, 0.15) is 3.57 Å². The van der Waals surface area contributed by atoms with E-state index in [-0.39, 0.29) is 5.56 Å². The predicted molar refractivity (Wildman–Crippen MR) is 80.9 cm³/mol. The fourth-order valence-corrected chi connectivity index (χ4v) is 2.51. The summed E-state index contributed by atoms with van der Waals surface area (Å²) in [6.45, 7) is 0.938. The zero-order valence-electron chi connectivity index (χ0n) is 10.1. The van der Waals surface area contributed by atoms with Gasteiger partial charge in [-0.05, 0) is 47.1 Å². The van der Waals surface area contributed by atoms with Crippen LogP contribution in [0, 0.1) is 3.57 Å². The number of aromatic nitrogens is 2. The Labute approximate surface area is 123 Å². The fraction of sp³-hybridized carbons (Fsp3) is 0.231. The molecular weight excluding hydrogens is 357 g/mol. The van der Waals surface area contributed by atoms with Gasteiger partial charge in [0.2, 0.25) is 5.88 Å². The minimum Gasteiger partial charge on any atom is -0.435 e. The average Bonchev–Trinajstić information content (AvgIpc) is 2.44. The van der Waals surface area contributed by atoms with E-state index in [1.54, 1.807) is 0 Å². The van der Waals surface area contributed by atoms with Gasteiger partial charge in [-0.3, -0.25) is 4.79 Å². The van der Waals surface area contributed by atoms with Crippen molar-refractivity contribution < 1.29 is 4.74 Å². The molecular formula is C13H12IN3O2. The molecule has 2 heterocycles. The maximum absolute atomic E-state index is 11.5. The summed E-state index contributed by atoms with van der Waals surface area (Å²) in [5.41, 5.74) is 2.05. The molecule has 1 aliphatic rings. The molecule has 2 N–H and O–H groups in total. The highest BCUT2D eigenvalue weighted by atomic mass is 127. The maximum Gasteiger partial charge on any atom is 0.268 e. The minimum atomic E-state index is -0.191. The van der Waals surface area contributed by atoms with Gasteiger partial charge in [-0.25, -0.2) is 4.98 Å². The number of rotatable bonds is 2. The number of nitrogens with zero attached hydrogens (tertiary/aromatic N) is 1. The topological polar surface area (TPSA) is 67.0 Å². The second-order valence-corrected chi connectivity index (χ2v) is 5.35. The van der Waals surface area contributed by atoms with E-state index < -0.39 is 0 Å². The number of benzene rings is 1. The van der Waals surface area contributed by atoms with Gasteiger partial charge >= 0.3 is 0 Å². The van der Waals surface area contributed by atoms with Crippen LogP contribution in [0.5, 0.6) is 11.6 Å². The summed E-state index contributed by atoms with van der Waals surface area (Å²) in [5, 5.41) is 3.34. The molecule has 19 heavy (non-hydrogen) atoms. The molecule has 1 aliphatic heterocycles. The lowest BCUT2D eigenvalue weighted by Crippen LogP contribution is -2.14. The fourth-order valence-electron chi connectivity index (χ4n) is 2.10. The molecule has 0 bridgehead atoms. The monoisotopic (exact) mass is 369 g/mol. The summed E-state index contributed by atoms with van der Waals surface area (Å²) >= 11 is 1.94. The lowest BCUT2D eigenvalue weighted by atomic mass is 10.0. The first-order valence-electron chi connectivity index (χ1n) is 6.02. The Kier molecular flexibility index (Phi) is 3.41. The Morgan fingerprint density at radius 2 is 2.26 bits per heavy atom. The number of fused-ring (bicyclic) bond motifs is 1. The SMILES string of the molecule is O=c1[nH]cnc(Oc2cccc3c2NCCC3)c1I. The second-order valence-electron chi connectivity index (χ2n) is 4.27. The van der Waals surface area contributed by atoms with Crippen LogP contribution in [0.2, 0.25) is 0 Å². The average molecular weight is 369 g/mol. The van der Waals surface area contributed by atoms with Gasteiger partial charge < -0.3 is 15.0 Å². The van der Waals surface area contributed by atoms with Crippen molar-refractivity contribution in [1.82, 2.24) is 9.97 Å². The molecule has 0 spiro atoms. The molecule has 0 fully saturated rings. The zero-order chi connectivity index (χ0) is 13.2. The van der Waals surface area contributed by atoms with Gasteiger partial charge in [-0.2, -0.15) is 0 Å². The lowest BCUT2D eigenvalue weighted by molar-refractivity contribution is 0.456. The molecule has 0 saturated carbocycles. The lowest BCUT2D eigenvalue weighted by Gasteiger charge is -2.20. The predicted octanol–water partition coefficient (Wildman–Crippen LogP) is 2.52. The number of ether oxygens (including phenoxy) is 1. The number of hydrogen-bond donors (Lipinski definition) is 2. The van der Waals surface area contributed by atoms with Crippen molar-refractivity contribution in [2.24, 2.45) is 0 Å². The normalized spacial score (nSPS) is 13.5. The van der Waals surface area contributed by atoms with Crippen LogP contribution in [0.1, 0.15) is 12.0 Å². The van der Waals surface area contributed by atoms with Crippen LogP contribution in [0.25, 0.3) is 0 Å². The third-order valence-electron chi connectivity index (χ3n) is 3.01. The Bertz CT molecular complexity index is 669. The Balaban J connectivity index is 2.00. The number of aryl methyl sites for hydroxylation is 1. The van der Waals surface area contributed by atoms with Gasteiger partial charge in [0.15, 0.2) is 5.75 Å². The number of hydrogen-bond acceptors (Lipinski definition) is 4. The molecule has 6 heteroatoms. The van der Waals surface area contributed by atoms with Crippen molar-refractivity contribution in [3.8, 4) is 11.6 Å². The van der Waals surface area contributed by atoms with Crippen LogP contribution in [0.4, 0.5) is 5.69 Å². The molecule has 3 rings (SSSR count). The molecule has 0 aliphatic carbocycles. The van der Waals surface area contributed by atoms with Gasteiger partial charge in [0.25, 0.3) is 5.56 Å². The minimum absolute atomic E-state index is 0.191. The van der Waals surface area contributed by atoms with Crippen LogP contribution < -0.4 is 15.6 Å². The summed E-state index contributed by atoms with van der Waals surface area (Å²) in [7, 11) is 0. The third kappa shape index (κ3) is 2.44. The van der Waals surface area contributed by atoms with Gasteiger partial charge in [0.05, 0.1) is 12.0 Å². The first-order valence-corrected chi connectivity index (χ1v) is 7.10. The first kappa shape index (κ1) is 12.5. The molecule has 0 amide bonds. The highest BCUT2D eigenvalue weighted by Gasteiger charge is 2.15. The molecule has 0 radical (unpaired) electrons. The van der Waals surface area contributed by atoms with Crippen molar-refractivity contribution in [2.45, 2.75) is 12.8 Å². The first-order chi connectivity index (χ1) is 9.25. The van der Waals surface area contributed by atoms with E-state index in [9.17, 15) is 4.79 Å². The Morgan fingerprint density at radius 3 is 3.16 bits per heavy atom. The molecule has 5 nitrogen and oxygen atoms in total. The van der Waals surface area contributed by atoms with E-state index in [0.717, 1.165) is 25.1 Å². The van der Waals surface area contributed by atoms with Gasteiger partial charge in [-0.1, -0.05) is 12.1 Å². The number of para-hydroxylation sites is 1. The summed E-state index contributed by atoms with van der Waals surface area (Å²) in [6.07, 6.45) is 3.51. The van der Waals surface area contributed by atoms with E-state index in [4.69, 9.17) is 4.74 Å². The molecule has 1 aromatic carbocycles. The van der Waals surface area contributed by atoms with Crippen molar-refractivity contribution in [1.29, 1.82) is 0 Å². The Hall–Kier alpha value is -1.57. The number of aromatic amines is 1. The molecule has 98 valence electrons. The van der Waals surface area contributed by atoms with Crippen LogP contribution in [-0.2, 0) is 6.42 Å². The van der Waals surface area contributed by atoms with E-state index in [0.29, 0.717) is 15.2 Å². The van der Waals surface area contributed by atoms with Crippen molar-refractivity contribution in [3.05, 3.63) is 44.0 Å². The number of H-pyrrole nitrogens is 1. The molecule has 0 atom stereocenters. The van der Waals surface area contributed by atoms with Crippen LogP contribution >= 0.6 is 22.6 Å². The van der Waals surface area contributed by atoms with E-state index in [2.05, 4.69) is 21.4 Å². The van der Waals surface area contributed by atoms with Crippen LogP contribution in [-0.4, -0.2) is 16.5 Å². The van der Waals surface area contributed by atoms with E-state index in [1.807, 2.05) is 34.7 Å². The largest absolute Gasteiger partial charge is 0.435 e. The van der Waals surface area contributed by atoms with Crippen LogP contribution in [0.3, 0.4) is 0 Å². The maximum atomic E-state index is 11.5. The van der Waals surface area contributed by atoms with Crippen molar-refractivity contribution in [3.63, 3.8) is 0 Å². The molecule has 2 aromatic rings. The van der Waals surface area contributed by atoms with Crippen LogP contribution in [0.15, 0.2) is 29.3 Å². The number of halogens is 1. The molecule has 0 unspecified atom stereocenters. The van der Waals surface area contributed by atoms with E-state index in [1.165, 1.54) is 11.9 Å². The quantitative estimate of drug-likeness (QED) is 0.799. The van der Waals surface area contributed by atoms with Gasteiger partial charge in [-0.15, -0.1) is 0 Å². The zero-order valence-corrected chi connectivity index (χ0v) is 12.2. The standard InChI is InChI=1S/C13H12IN3O2/c14-10-12(18)16-7-17-13(10)19-9-5-1-3-8-4-2-6-15-11(8)9/h1,3,5,7,15H,2,4,6H2,(H,16,17,18). The highest BCUT2D eigenvalue weighted by molar-refractivity contribution is 14.1.